The van der Waals surface area contributed by atoms with Crippen LogP contribution < -0.4 is 9.47 Å². The van der Waals surface area contributed by atoms with E-state index in [9.17, 15) is 0 Å². The van der Waals surface area contributed by atoms with Crippen molar-refractivity contribution in [2.75, 3.05) is 25.2 Å². The number of unbranched alkanes of at least 4 members (excludes halogenated alkanes) is 1. The fraction of sp³-hybridized carbons (Fsp3) is 0.500. The van der Waals surface area contributed by atoms with Crippen molar-refractivity contribution < 1.29 is 9.47 Å². The largest absolute Gasteiger partial charge is 0.497 e. The molecule has 98 valence electrons. The number of ether oxygens (including phenoxy) is 2. The molecule has 0 amide bonds. The Morgan fingerprint density at radius 3 is 2.44 bits per heavy atom. The summed E-state index contributed by atoms with van der Waals surface area (Å²) in [5.41, 5.74) is 0. The average Bonchev–Trinajstić information content (AvgIpc) is 2.42. The normalized spacial score (nSPS) is 9.78. The van der Waals surface area contributed by atoms with Gasteiger partial charge in [0.15, 0.2) is 0 Å². The van der Waals surface area contributed by atoms with Crippen molar-refractivity contribution in [3.05, 3.63) is 24.3 Å². The molecule has 0 aliphatic carbocycles. The van der Waals surface area contributed by atoms with Crippen LogP contribution in [0.3, 0.4) is 0 Å². The Kier molecular flexibility index (Phi) is 7.90. The third-order valence-corrected chi connectivity index (χ3v) is 3.49. The number of benzene rings is 1. The van der Waals surface area contributed by atoms with Gasteiger partial charge in [0, 0.05) is 6.42 Å². The van der Waals surface area contributed by atoms with Crippen LogP contribution in [0, 0.1) is 11.3 Å². The molecule has 18 heavy (non-hydrogen) atoms. The van der Waals surface area contributed by atoms with Crippen LogP contribution in [0.4, 0.5) is 0 Å². The van der Waals surface area contributed by atoms with Crippen LogP contribution in [0.15, 0.2) is 24.3 Å². The molecule has 0 unspecified atom stereocenters. The van der Waals surface area contributed by atoms with E-state index in [1.54, 1.807) is 7.11 Å². The van der Waals surface area contributed by atoms with E-state index in [2.05, 4.69) is 6.07 Å². The topological polar surface area (TPSA) is 42.2 Å². The van der Waals surface area contributed by atoms with Crippen LogP contribution in [0.25, 0.3) is 0 Å². The van der Waals surface area contributed by atoms with E-state index in [1.165, 1.54) is 0 Å². The molecule has 0 atom stereocenters. The first-order valence-corrected chi connectivity index (χ1v) is 7.24. The Labute approximate surface area is 113 Å². The predicted molar refractivity (Wildman–Crippen MR) is 75.3 cm³/mol. The summed E-state index contributed by atoms with van der Waals surface area (Å²) in [7, 11) is 1.65. The number of nitrogens with zero attached hydrogens (tertiary/aromatic N) is 1. The SMILES string of the molecule is COc1ccc(OCCCSCCCC#N)cc1. The third-order valence-electron chi connectivity index (χ3n) is 2.34. The molecule has 0 heterocycles. The van der Waals surface area contributed by atoms with Gasteiger partial charge in [-0.15, -0.1) is 0 Å². The molecule has 0 saturated heterocycles. The van der Waals surface area contributed by atoms with Gasteiger partial charge in [-0.05, 0) is 48.6 Å². The molecule has 0 bridgehead atoms. The zero-order chi connectivity index (χ0) is 13.1. The van der Waals surface area contributed by atoms with Gasteiger partial charge < -0.3 is 9.47 Å². The first kappa shape index (κ1) is 14.7. The standard InChI is InChI=1S/C14H19NO2S/c1-16-13-5-7-14(8-6-13)17-10-4-12-18-11-3-2-9-15/h5-8H,2-4,10-12H2,1H3. The van der Waals surface area contributed by atoms with Gasteiger partial charge in [0.2, 0.25) is 0 Å². The number of thioether (sulfide) groups is 1. The van der Waals surface area contributed by atoms with Gasteiger partial charge in [0.25, 0.3) is 0 Å². The van der Waals surface area contributed by atoms with E-state index in [4.69, 9.17) is 14.7 Å². The Hall–Kier alpha value is -1.34. The molecule has 0 spiro atoms. The maximum absolute atomic E-state index is 8.38. The Balaban J connectivity index is 2.02. The third kappa shape index (κ3) is 6.41. The summed E-state index contributed by atoms with van der Waals surface area (Å²) < 4.78 is 10.7. The first-order valence-electron chi connectivity index (χ1n) is 6.08. The first-order chi connectivity index (χ1) is 8.86. The van der Waals surface area contributed by atoms with E-state index in [1.807, 2.05) is 36.0 Å². The van der Waals surface area contributed by atoms with Crippen molar-refractivity contribution in [3.63, 3.8) is 0 Å². The Morgan fingerprint density at radius 2 is 1.78 bits per heavy atom. The lowest BCUT2D eigenvalue weighted by molar-refractivity contribution is 0.318. The highest BCUT2D eigenvalue weighted by Gasteiger charge is 1.95. The van der Waals surface area contributed by atoms with Crippen molar-refractivity contribution in [2.24, 2.45) is 0 Å². The lowest BCUT2D eigenvalue weighted by Crippen LogP contribution is -1.99. The summed E-state index contributed by atoms with van der Waals surface area (Å²) in [4.78, 5) is 0. The molecule has 4 heteroatoms. The molecule has 0 N–H and O–H groups in total. The minimum atomic E-state index is 0.662. The van der Waals surface area contributed by atoms with Gasteiger partial charge in [-0.25, -0.2) is 0 Å². The fourth-order valence-electron chi connectivity index (χ4n) is 1.38. The van der Waals surface area contributed by atoms with Gasteiger partial charge in [-0.2, -0.15) is 17.0 Å². The lowest BCUT2D eigenvalue weighted by Gasteiger charge is -2.06. The molecule has 1 aromatic rings. The number of nitriles is 1. The van der Waals surface area contributed by atoms with Crippen molar-refractivity contribution >= 4 is 11.8 Å². The van der Waals surface area contributed by atoms with Crippen LogP contribution >= 0.6 is 11.8 Å². The van der Waals surface area contributed by atoms with Gasteiger partial charge in [0.05, 0.1) is 19.8 Å². The second-order valence-electron chi connectivity index (χ2n) is 3.75. The highest BCUT2D eigenvalue weighted by molar-refractivity contribution is 7.99. The number of rotatable bonds is 9. The smallest absolute Gasteiger partial charge is 0.119 e. The molecule has 0 aliphatic heterocycles. The van der Waals surface area contributed by atoms with Gasteiger partial charge in [-0.3, -0.25) is 0 Å². The fourth-order valence-corrected chi connectivity index (χ4v) is 2.25. The molecule has 1 rings (SSSR count). The second-order valence-corrected chi connectivity index (χ2v) is 4.98. The molecule has 0 saturated carbocycles. The van der Waals surface area contributed by atoms with Crippen molar-refractivity contribution in [3.8, 4) is 17.6 Å². The molecule has 0 aromatic heterocycles. The minimum Gasteiger partial charge on any atom is -0.497 e. The number of hydrogen-bond acceptors (Lipinski definition) is 4. The van der Waals surface area contributed by atoms with Crippen LogP contribution in [0.2, 0.25) is 0 Å². The maximum Gasteiger partial charge on any atom is 0.119 e. The van der Waals surface area contributed by atoms with Crippen molar-refractivity contribution in [1.29, 1.82) is 5.26 Å². The Bertz CT molecular complexity index is 359. The molecule has 0 radical (unpaired) electrons. The van der Waals surface area contributed by atoms with Crippen LogP contribution in [-0.4, -0.2) is 25.2 Å². The second kappa shape index (κ2) is 9.67. The van der Waals surface area contributed by atoms with Crippen LogP contribution in [-0.2, 0) is 0 Å². The Morgan fingerprint density at radius 1 is 1.11 bits per heavy atom. The van der Waals surface area contributed by atoms with Crippen molar-refractivity contribution in [2.45, 2.75) is 19.3 Å². The van der Waals surface area contributed by atoms with E-state index >= 15 is 0 Å². The highest BCUT2D eigenvalue weighted by atomic mass is 32.2. The minimum absolute atomic E-state index is 0.662. The van der Waals surface area contributed by atoms with E-state index in [-0.39, 0.29) is 0 Å². The summed E-state index contributed by atoms with van der Waals surface area (Å²) in [6.45, 7) is 0.734. The molecule has 1 aromatic carbocycles. The van der Waals surface area contributed by atoms with E-state index < -0.39 is 0 Å². The number of hydrogen-bond donors (Lipinski definition) is 0. The monoisotopic (exact) mass is 265 g/mol. The van der Waals surface area contributed by atoms with E-state index in [0.717, 1.165) is 42.5 Å². The lowest BCUT2D eigenvalue weighted by atomic mass is 10.3. The maximum atomic E-state index is 8.38. The van der Waals surface area contributed by atoms with Crippen LogP contribution in [0.5, 0.6) is 11.5 Å². The summed E-state index contributed by atoms with van der Waals surface area (Å²) in [5.74, 6) is 3.87. The molecule has 0 fully saturated rings. The molecule has 3 nitrogen and oxygen atoms in total. The highest BCUT2D eigenvalue weighted by Crippen LogP contribution is 2.17. The number of methoxy groups -OCH3 is 1. The average molecular weight is 265 g/mol. The van der Waals surface area contributed by atoms with Gasteiger partial charge >= 0.3 is 0 Å². The molecule has 0 aliphatic rings. The van der Waals surface area contributed by atoms with Crippen molar-refractivity contribution in [1.82, 2.24) is 0 Å². The summed E-state index contributed by atoms with van der Waals surface area (Å²) >= 11 is 1.88. The van der Waals surface area contributed by atoms with Gasteiger partial charge in [0.1, 0.15) is 11.5 Å². The zero-order valence-corrected chi connectivity index (χ0v) is 11.5. The van der Waals surface area contributed by atoms with E-state index in [0.29, 0.717) is 6.42 Å². The summed E-state index contributed by atoms with van der Waals surface area (Å²) in [5, 5.41) is 8.38. The molecular formula is C14H19NO2S. The molecular weight excluding hydrogens is 246 g/mol. The van der Waals surface area contributed by atoms with Gasteiger partial charge in [-0.1, -0.05) is 0 Å². The predicted octanol–water partition coefficient (Wildman–Crippen LogP) is 3.50. The quantitative estimate of drug-likeness (QED) is 0.641. The summed E-state index contributed by atoms with van der Waals surface area (Å²) in [6.07, 6.45) is 2.68. The zero-order valence-electron chi connectivity index (χ0n) is 10.7. The van der Waals surface area contributed by atoms with Crippen LogP contribution in [0.1, 0.15) is 19.3 Å². The summed E-state index contributed by atoms with van der Waals surface area (Å²) in [6, 6.07) is 9.77.